The predicted molar refractivity (Wildman–Crippen MR) is 60.9 cm³/mol. The summed E-state index contributed by atoms with van der Waals surface area (Å²) in [6.45, 7) is 2.52. The third-order valence-corrected chi connectivity index (χ3v) is 4.53. The number of Topliss-reactive ketones (excluding diaryl/α,β-unsaturated/α-hetero) is 1. The molecule has 1 amide bonds. The molecule has 0 N–H and O–H groups in total. The molecule has 0 aromatic heterocycles. The number of ketones is 1. The molecule has 2 fully saturated rings. The average Bonchev–Trinajstić information content (AvgIpc) is 2.73. The van der Waals surface area contributed by atoms with Gasteiger partial charge in [-0.25, -0.2) is 0 Å². The van der Waals surface area contributed by atoms with Crippen LogP contribution < -0.4 is 0 Å². The fourth-order valence-corrected chi connectivity index (χ4v) is 3.84. The minimum Gasteiger partial charge on any atom is -0.331 e. The zero-order valence-corrected chi connectivity index (χ0v) is 9.89. The first-order valence-electron chi connectivity index (χ1n) is 5.65. The van der Waals surface area contributed by atoms with Crippen molar-refractivity contribution in [2.24, 2.45) is 0 Å². The normalized spacial score (nSPS) is 31.7. The monoisotopic (exact) mass is 227 g/mol. The Morgan fingerprint density at radius 2 is 2.20 bits per heavy atom. The highest BCUT2D eigenvalue weighted by atomic mass is 32.2. The Labute approximate surface area is 94.6 Å². The second-order valence-electron chi connectivity index (χ2n) is 4.23. The first-order valence-corrected chi connectivity index (χ1v) is 6.70. The molecule has 0 spiro atoms. The quantitative estimate of drug-likeness (QED) is 0.685. The van der Waals surface area contributed by atoms with Crippen molar-refractivity contribution in [1.82, 2.24) is 4.90 Å². The molecule has 15 heavy (non-hydrogen) atoms. The Balaban J connectivity index is 2.03. The standard InChI is InChI=1S/C11H17NO2S/c1-2-15-10-5-3-4-9(10)12-7-8(13)6-11(12)14/h9-10H,2-7H2,1H3. The molecular formula is C11H17NO2S. The SMILES string of the molecule is CCSC1CCCC1N1CC(=O)CC1=O. The van der Waals surface area contributed by atoms with Gasteiger partial charge in [0.2, 0.25) is 5.91 Å². The van der Waals surface area contributed by atoms with E-state index in [1.807, 2.05) is 16.7 Å². The summed E-state index contributed by atoms with van der Waals surface area (Å²) in [5.41, 5.74) is 0. The first kappa shape index (κ1) is 11.0. The fraction of sp³-hybridized carbons (Fsp3) is 0.818. The Morgan fingerprint density at radius 3 is 2.80 bits per heavy atom. The molecule has 1 aliphatic carbocycles. The van der Waals surface area contributed by atoms with E-state index >= 15 is 0 Å². The predicted octanol–water partition coefficient (Wildman–Crippen LogP) is 1.46. The van der Waals surface area contributed by atoms with Crippen molar-refractivity contribution in [1.29, 1.82) is 0 Å². The average molecular weight is 227 g/mol. The van der Waals surface area contributed by atoms with Crippen LogP contribution in [-0.4, -0.2) is 40.2 Å². The number of amides is 1. The van der Waals surface area contributed by atoms with E-state index in [1.54, 1.807) is 0 Å². The molecule has 84 valence electrons. The molecule has 0 bridgehead atoms. The summed E-state index contributed by atoms with van der Waals surface area (Å²) in [5, 5.41) is 0.560. The molecule has 0 aromatic rings. The van der Waals surface area contributed by atoms with E-state index in [2.05, 4.69) is 6.92 Å². The van der Waals surface area contributed by atoms with Crippen LogP contribution in [0, 0.1) is 0 Å². The molecular weight excluding hydrogens is 210 g/mol. The van der Waals surface area contributed by atoms with Gasteiger partial charge in [0.25, 0.3) is 0 Å². The number of carbonyl (C=O) groups is 2. The van der Waals surface area contributed by atoms with Crippen molar-refractivity contribution in [3.8, 4) is 0 Å². The van der Waals surface area contributed by atoms with Crippen LogP contribution in [0.15, 0.2) is 0 Å². The van der Waals surface area contributed by atoms with E-state index in [4.69, 9.17) is 0 Å². The molecule has 2 unspecified atom stereocenters. The van der Waals surface area contributed by atoms with E-state index in [9.17, 15) is 9.59 Å². The van der Waals surface area contributed by atoms with E-state index in [0.717, 1.165) is 12.2 Å². The molecule has 2 atom stereocenters. The lowest BCUT2D eigenvalue weighted by atomic mass is 10.2. The summed E-state index contributed by atoms with van der Waals surface area (Å²) >= 11 is 1.93. The zero-order valence-electron chi connectivity index (χ0n) is 9.07. The highest BCUT2D eigenvalue weighted by Crippen LogP contribution is 2.34. The third kappa shape index (κ3) is 2.19. The van der Waals surface area contributed by atoms with E-state index in [-0.39, 0.29) is 18.1 Å². The van der Waals surface area contributed by atoms with Crippen molar-refractivity contribution >= 4 is 23.5 Å². The maximum absolute atomic E-state index is 11.6. The Hall–Kier alpha value is -0.510. The summed E-state index contributed by atoms with van der Waals surface area (Å²) in [5.74, 6) is 1.23. The highest BCUT2D eigenvalue weighted by Gasteiger charge is 2.39. The van der Waals surface area contributed by atoms with Crippen LogP contribution in [0.1, 0.15) is 32.6 Å². The largest absolute Gasteiger partial charge is 0.331 e. The molecule has 2 aliphatic rings. The molecule has 1 saturated heterocycles. The van der Waals surface area contributed by atoms with Crippen LogP contribution in [0.4, 0.5) is 0 Å². The van der Waals surface area contributed by atoms with Gasteiger partial charge in [-0.2, -0.15) is 11.8 Å². The van der Waals surface area contributed by atoms with Gasteiger partial charge in [0.15, 0.2) is 5.78 Å². The number of nitrogens with zero attached hydrogens (tertiary/aromatic N) is 1. The lowest BCUT2D eigenvalue weighted by molar-refractivity contribution is -0.129. The highest BCUT2D eigenvalue weighted by molar-refractivity contribution is 7.99. The summed E-state index contributed by atoms with van der Waals surface area (Å²) in [4.78, 5) is 24.7. The third-order valence-electron chi connectivity index (χ3n) is 3.21. The number of hydrogen-bond acceptors (Lipinski definition) is 3. The van der Waals surface area contributed by atoms with Crippen LogP contribution in [0.2, 0.25) is 0 Å². The Bertz CT molecular complexity index is 280. The smallest absolute Gasteiger partial charge is 0.230 e. The van der Waals surface area contributed by atoms with Gasteiger partial charge >= 0.3 is 0 Å². The van der Waals surface area contributed by atoms with Crippen molar-refractivity contribution in [3.63, 3.8) is 0 Å². The van der Waals surface area contributed by atoms with Crippen molar-refractivity contribution in [2.45, 2.75) is 43.9 Å². The lowest BCUT2D eigenvalue weighted by Gasteiger charge is -2.28. The summed E-state index contributed by atoms with van der Waals surface area (Å²) in [7, 11) is 0. The van der Waals surface area contributed by atoms with Crippen LogP contribution in [0.3, 0.4) is 0 Å². The first-order chi connectivity index (χ1) is 7.22. The van der Waals surface area contributed by atoms with Gasteiger partial charge in [-0.3, -0.25) is 9.59 Å². The van der Waals surface area contributed by atoms with Crippen molar-refractivity contribution in [2.75, 3.05) is 12.3 Å². The zero-order chi connectivity index (χ0) is 10.8. The number of rotatable bonds is 3. The summed E-state index contributed by atoms with van der Waals surface area (Å²) in [6, 6.07) is 0.328. The van der Waals surface area contributed by atoms with E-state index in [1.165, 1.54) is 12.8 Å². The molecule has 3 nitrogen and oxygen atoms in total. The maximum Gasteiger partial charge on any atom is 0.230 e. The second kappa shape index (κ2) is 4.56. The van der Waals surface area contributed by atoms with Crippen LogP contribution in [0.25, 0.3) is 0 Å². The molecule has 1 aliphatic heterocycles. The minimum atomic E-state index is 0.0496. The molecule has 0 radical (unpaired) electrons. The second-order valence-corrected chi connectivity index (χ2v) is 5.75. The molecule has 1 saturated carbocycles. The fourth-order valence-electron chi connectivity index (χ4n) is 2.58. The van der Waals surface area contributed by atoms with Crippen LogP contribution in [-0.2, 0) is 9.59 Å². The Morgan fingerprint density at radius 1 is 1.40 bits per heavy atom. The summed E-state index contributed by atoms with van der Waals surface area (Å²) in [6.07, 6.45) is 3.61. The van der Waals surface area contributed by atoms with Crippen LogP contribution >= 0.6 is 11.8 Å². The Kier molecular flexibility index (Phi) is 3.34. The molecule has 2 rings (SSSR count). The summed E-state index contributed by atoms with van der Waals surface area (Å²) < 4.78 is 0. The molecule has 0 aromatic carbocycles. The van der Waals surface area contributed by atoms with Gasteiger partial charge in [0, 0.05) is 11.3 Å². The van der Waals surface area contributed by atoms with Crippen molar-refractivity contribution in [3.05, 3.63) is 0 Å². The van der Waals surface area contributed by atoms with E-state index in [0.29, 0.717) is 17.8 Å². The maximum atomic E-state index is 11.6. The topological polar surface area (TPSA) is 37.4 Å². The number of carbonyl (C=O) groups excluding carboxylic acids is 2. The van der Waals surface area contributed by atoms with Gasteiger partial charge < -0.3 is 4.90 Å². The number of likely N-dealkylation sites (tertiary alicyclic amines) is 1. The van der Waals surface area contributed by atoms with Gasteiger partial charge in [0.1, 0.15) is 0 Å². The molecule has 4 heteroatoms. The number of hydrogen-bond donors (Lipinski definition) is 0. The van der Waals surface area contributed by atoms with Gasteiger partial charge in [-0.1, -0.05) is 13.3 Å². The lowest BCUT2D eigenvalue weighted by Crippen LogP contribution is -2.40. The van der Waals surface area contributed by atoms with Gasteiger partial charge in [0.05, 0.1) is 13.0 Å². The number of thioether (sulfide) groups is 1. The van der Waals surface area contributed by atoms with E-state index < -0.39 is 0 Å². The minimum absolute atomic E-state index is 0.0496. The van der Waals surface area contributed by atoms with Crippen molar-refractivity contribution < 1.29 is 9.59 Å². The van der Waals surface area contributed by atoms with Crippen LogP contribution in [0.5, 0.6) is 0 Å². The van der Waals surface area contributed by atoms with Gasteiger partial charge in [-0.05, 0) is 18.6 Å². The van der Waals surface area contributed by atoms with Gasteiger partial charge in [-0.15, -0.1) is 0 Å². The molecule has 1 heterocycles.